The molecule has 0 fully saturated rings. The Hall–Kier alpha value is -2.89. The molecule has 27 heavy (non-hydrogen) atoms. The quantitative estimate of drug-likeness (QED) is 0.666. The number of hydrogen-bond donors (Lipinski definition) is 0. The smallest absolute Gasteiger partial charge is 0.338 e. The van der Waals surface area contributed by atoms with Crippen LogP contribution in [-0.2, 0) is 16.1 Å². The van der Waals surface area contributed by atoms with Gasteiger partial charge in [-0.3, -0.25) is 4.79 Å². The lowest BCUT2D eigenvalue weighted by molar-refractivity contribution is -0.133. The van der Waals surface area contributed by atoms with E-state index >= 15 is 0 Å². The van der Waals surface area contributed by atoms with Crippen molar-refractivity contribution in [2.45, 2.75) is 20.4 Å². The molecule has 6 heteroatoms. The van der Waals surface area contributed by atoms with Crippen LogP contribution in [0.4, 0.5) is 10.1 Å². The van der Waals surface area contributed by atoms with Crippen LogP contribution in [0.2, 0.25) is 0 Å². The van der Waals surface area contributed by atoms with Gasteiger partial charge in [-0.15, -0.1) is 0 Å². The molecular formula is C21H25FN2O3. The zero-order valence-electron chi connectivity index (χ0n) is 15.9. The van der Waals surface area contributed by atoms with Crippen LogP contribution in [-0.4, -0.2) is 43.5 Å². The number of benzene rings is 2. The van der Waals surface area contributed by atoms with E-state index in [-0.39, 0.29) is 18.3 Å². The molecule has 1 amide bonds. The van der Waals surface area contributed by atoms with E-state index in [1.54, 1.807) is 31.3 Å². The maximum atomic E-state index is 12.9. The van der Waals surface area contributed by atoms with E-state index in [4.69, 9.17) is 4.74 Å². The fourth-order valence-corrected chi connectivity index (χ4v) is 2.67. The van der Waals surface area contributed by atoms with Crippen LogP contribution in [0.25, 0.3) is 0 Å². The molecule has 0 N–H and O–H groups in total. The van der Waals surface area contributed by atoms with Crippen molar-refractivity contribution < 1.29 is 18.7 Å². The minimum Gasteiger partial charge on any atom is -0.452 e. The molecule has 5 nitrogen and oxygen atoms in total. The highest BCUT2D eigenvalue weighted by Crippen LogP contribution is 2.15. The van der Waals surface area contributed by atoms with Crippen LogP contribution >= 0.6 is 0 Å². The van der Waals surface area contributed by atoms with Crippen molar-refractivity contribution >= 4 is 17.6 Å². The van der Waals surface area contributed by atoms with Crippen molar-refractivity contribution in [3.05, 3.63) is 65.5 Å². The van der Waals surface area contributed by atoms with Gasteiger partial charge in [0.05, 0.1) is 5.56 Å². The van der Waals surface area contributed by atoms with Gasteiger partial charge in [0.25, 0.3) is 5.91 Å². The van der Waals surface area contributed by atoms with E-state index in [9.17, 15) is 14.0 Å². The summed E-state index contributed by atoms with van der Waals surface area (Å²) in [5, 5.41) is 0. The number of carbonyl (C=O) groups excluding carboxylic acids is 2. The molecule has 0 atom stereocenters. The van der Waals surface area contributed by atoms with Crippen LogP contribution in [0.3, 0.4) is 0 Å². The lowest BCUT2D eigenvalue weighted by atomic mass is 10.2. The van der Waals surface area contributed by atoms with Gasteiger partial charge in [-0.05, 0) is 55.8 Å². The number of amides is 1. The summed E-state index contributed by atoms with van der Waals surface area (Å²) in [7, 11) is 1.61. The van der Waals surface area contributed by atoms with E-state index in [1.165, 1.54) is 17.0 Å². The monoisotopic (exact) mass is 372 g/mol. The zero-order chi connectivity index (χ0) is 19.8. The van der Waals surface area contributed by atoms with Gasteiger partial charge in [-0.25, -0.2) is 9.18 Å². The molecule has 2 rings (SSSR count). The van der Waals surface area contributed by atoms with Gasteiger partial charge >= 0.3 is 5.97 Å². The Kier molecular flexibility index (Phi) is 7.34. The minimum atomic E-state index is -0.537. The molecule has 0 radical (unpaired) electrons. The topological polar surface area (TPSA) is 49.9 Å². The average molecular weight is 372 g/mol. The standard InChI is InChI=1S/C21H25FN2O3/c1-4-24(5-2)19-12-8-17(9-13-19)21(26)27-15-20(25)23(3)14-16-6-10-18(22)11-7-16/h6-13H,4-5,14-15H2,1-3H3. The van der Waals surface area contributed by atoms with Gasteiger partial charge in [0.2, 0.25) is 0 Å². The number of halogens is 1. The van der Waals surface area contributed by atoms with Gasteiger partial charge < -0.3 is 14.5 Å². The van der Waals surface area contributed by atoms with Crippen LogP contribution in [0.5, 0.6) is 0 Å². The summed E-state index contributed by atoms with van der Waals surface area (Å²) < 4.78 is 18.0. The third kappa shape index (κ3) is 5.81. The second kappa shape index (κ2) is 9.71. The van der Waals surface area contributed by atoms with Crippen LogP contribution in [0, 0.1) is 5.82 Å². The largest absolute Gasteiger partial charge is 0.452 e. The summed E-state index contributed by atoms with van der Waals surface area (Å²) in [5.74, 6) is -1.19. The van der Waals surface area contributed by atoms with Crippen molar-refractivity contribution in [3.8, 4) is 0 Å². The van der Waals surface area contributed by atoms with Crippen LogP contribution in [0.1, 0.15) is 29.8 Å². The lowest BCUT2D eigenvalue weighted by Crippen LogP contribution is -2.30. The SMILES string of the molecule is CCN(CC)c1ccc(C(=O)OCC(=O)N(C)Cc2ccc(F)cc2)cc1. The van der Waals surface area contributed by atoms with E-state index in [0.717, 1.165) is 24.3 Å². The Morgan fingerprint density at radius 1 is 0.963 bits per heavy atom. The normalized spacial score (nSPS) is 10.4. The number of likely N-dealkylation sites (N-methyl/N-ethyl adjacent to an activating group) is 1. The maximum Gasteiger partial charge on any atom is 0.338 e. The fraction of sp³-hybridized carbons (Fsp3) is 0.333. The van der Waals surface area contributed by atoms with Crippen molar-refractivity contribution in [3.63, 3.8) is 0 Å². The van der Waals surface area contributed by atoms with Crippen molar-refractivity contribution in [1.29, 1.82) is 0 Å². The molecule has 144 valence electrons. The van der Waals surface area contributed by atoms with Gasteiger partial charge in [-0.2, -0.15) is 0 Å². The van der Waals surface area contributed by atoms with E-state index in [2.05, 4.69) is 18.7 Å². The average Bonchev–Trinajstić information content (AvgIpc) is 2.69. The molecule has 0 aromatic heterocycles. The number of rotatable bonds is 8. The second-order valence-electron chi connectivity index (χ2n) is 6.17. The molecule has 0 saturated heterocycles. The van der Waals surface area contributed by atoms with E-state index in [1.807, 2.05) is 12.1 Å². The summed E-state index contributed by atoms with van der Waals surface area (Å²) in [6.07, 6.45) is 0. The van der Waals surface area contributed by atoms with E-state index in [0.29, 0.717) is 12.1 Å². The highest BCUT2D eigenvalue weighted by molar-refractivity contribution is 5.91. The highest BCUT2D eigenvalue weighted by Gasteiger charge is 2.14. The molecule has 0 bridgehead atoms. The molecule has 0 heterocycles. The summed E-state index contributed by atoms with van der Waals surface area (Å²) >= 11 is 0. The van der Waals surface area contributed by atoms with Crippen LogP contribution in [0.15, 0.2) is 48.5 Å². The van der Waals surface area contributed by atoms with Crippen molar-refractivity contribution in [2.24, 2.45) is 0 Å². The Balaban J connectivity index is 1.86. The summed E-state index contributed by atoms with van der Waals surface area (Å²) in [4.78, 5) is 27.9. The molecule has 0 unspecified atom stereocenters. The Morgan fingerprint density at radius 2 is 1.56 bits per heavy atom. The molecule has 2 aromatic carbocycles. The number of carbonyl (C=O) groups is 2. The third-order valence-corrected chi connectivity index (χ3v) is 4.32. The Labute approximate surface area is 159 Å². The molecular weight excluding hydrogens is 347 g/mol. The maximum absolute atomic E-state index is 12.9. The number of hydrogen-bond acceptors (Lipinski definition) is 4. The Morgan fingerprint density at radius 3 is 2.11 bits per heavy atom. The predicted molar refractivity (Wildman–Crippen MR) is 103 cm³/mol. The van der Waals surface area contributed by atoms with Crippen molar-refractivity contribution in [2.75, 3.05) is 31.6 Å². The number of ether oxygens (including phenoxy) is 1. The number of esters is 1. The summed E-state index contributed by atoms with van der Waals surface area (Å²) in [6, 6.07) is 13.0. The summed E-state index contributed by atoms with van der Waals surface area (Å²) in [6.45, 7) is 5.88. The first-order valence-electron chi connectivity index (χ1n) is 8.95. The molecule has 2 aromatic rings. The number of nitrogens with zero attached hydrogens (tertiary/aromatic N) is 2. The fourth-order valence-electron chi connectivity index (χ4n) is 2.67. The Bertz CT molecular complexity index is 756. The molecule has 0 aliphatic carbocycles. The first-order chi connectivity index (χ1) is 12.9. The molecule has 0 aliphatic heterocycles. The van der Waals surface area contributed by atoms with Gasteiger partial charge in [0.15, 0.2) is 6.61 Å². The minimum absolute atomic E-state index is 0.315. The summed E-state index contributed by atoms with van der Waals surface area (Å²) in [5.41, 5.74) is 2.23. The second-order valence-corrected chi connectivity index (χ2v) is 6.17. The third-order valence-electron chi connectivity index (χ3n) is 4.32. The van der Waals surface area contributed by atoms with E-state index < -0.39 is 5.97 Å². The first-order valence-corrected chi connectivity index (χ1v) is 8.95. The van der Waals surface area contributed by atoms with Gasteiger partial charge in [0, 0.05) is 32.4 Å². The molecule has 0 saturated carbocycles. The first kappa shape index (κ1) is 20.4. The lowest BCUT2D eigenvalue weighted by Gasteiger charge is -2.21. The highest BCUT2D eigenvalue weighted by atomic mass is 19.1. The molecule has 0 aliphatic rings. The van der Waals surface area contributed by atoms with Gasteiger partial charge in [-0.1, -0.05) is 12.1 Å². The number of anilines is 1. The zero-order valence-corrected chi connectivity index (χ0v) is 15.9. The molecule has 0 spiro atoms. The van der Waals surface area contributed by atoms with Crippen molar-refractivity contribution in [1.82, 2.24) is 4.90 Å². The van der Waals surface area contributed by atoms with Crippen LogP contribution < -0.4 is 4.90 Å². The predicted octanol–water partition coefficient (Wildman–Crippen LogP) is 3.49. The van der Waals surface area contributed by atoms with Gasteiger partial charge in [0.1, 0.15) is 5.82 Å².